The van der Waals surface area contributed by atoms with Gasteiger partial charge in [0.15, 0.2) is 0 Å². The van der Waals surface area contributed by atoms with Crippen LogP contribution in [-0.4, -0.2) is 72.0 Å². The molecule has 0 aromatic heterocycles. The minimum absolute atomic E-state index is 0.0301. The van der Waals surface area contributed by atoms with Crippen LogP contribution < -0.4 is 5.32 Å². The lowest BCUT2D eigenvalue weighted by Crippen LogP contribution is -2.43. The minimum Gasteiger partial charge on any atom is -0.324 e. The molecular weight excluding hydrogens is 332 g/mol. The first-order valence-electron chi connectivity index (χ1n) is 7.10. The van der Waals surface area contributed by atoms with Gasteiger partial charge < -0.3 is 5.32 Å². The van der Waals surface area contributed by atoms with Gasteiger partial charge in [-0.05, 0) is 25.4 Å². The highest BCUT2D eigenvalue weighted by molar-refractivity contribution is 7.98. The molecule has 9 heteroatoms. The monoisotopic (exact) mass is 350 g/mol. The Labute approximate surface area is 143 Å². The fourth-order valence-electron chi connectivity index (χ4n) is 2.21. The van der Waals surface area contributed by atoms with Crippen LogP contribution in [0.4, 0.5) is 10.5 Å². The van der Waals surface area contributed by atoms with Crippen molar-refractivity contribution in [2.45, 2.75) is 4.90 Å². The van der Waals surface area contributed by atoms with Crippen molar-refractivity contribution in [3.05, 3.63) is 24.3 Å². The van der Waals surface area contributed by atoms with E-state index in [0.29, 0.717) is 5.69 Å². The van der Waals surface area contributed by atoms with Crippen molar-refractivity contribution < 1.29 is 19.2 Å². The number of carbonyl (C=O) groups is 4. The average Bonchev–Trinajstić information content (AvgIpc) is 2.73. The number of urea groups is 1. The van der Waals surface area contributed by atoms with Crippen LogP contribution in [0.3, 0.4) is 0 Å². The Morgan fingerprint density at radius 1 is 1.21 bits per heavy atom. The van der Waals surface area contributed by atoms with E-state index >= 15 is 0 Å². The van der Waals surface area contributed by atoms with Gasteiger partial charge >= 0.3 is 17.8 Å². The second-order valence-electron chi connectivity index (χ2n) is 5.28. The molecule has 1 fully saturated rings. The summed E-state index contributed by atoms with van der Waals surface area (Å²) < 4.78 is 0. The molecule has 0 unspecified atom stereocenters. The number of nitrogens with one attached hydrogen (secondary N) is 1. The van der Waals surface area contributed by atoms with Crippen LogP contribution >= 0.6 is 11.8 Å². The molecule has 1 heterocycles. The molecule has 1 N–H and O–H groups in total. The van der Waals surface area contributed by atoms with Crippen molar-refractivity contribution in [3.63, 3.8) is 0 Å². The molecule has 8 nitrogen and oxygen atoms in total. The molecule has 1 aliphatic heterocycles. The van der Waals surface area contributed by atoms with Crippen LogP contribution in [0, 0.1) is 0 Å². The molecule has 24 heavy (non-hydrogen) atoms. The zero-order valence-corrected chi connectivity index (χ0v) is 14.4. The van der Waals surface area contributed by atoms with Gasteiger partial charge in [-0.2, -0.15) is 0 Å². The van der Waals surface area contributed by atoms with Gasteiger partial charge in [-0.15, -0.1) is 11.8 Å². The maximum absolute atomic E-state index is 12.1. The zero-order valence-electron chi connectivity index (χ0n) is 13.6. The Hall–Kier alpha value is -2.39. The number of hydrogen-bond acceptors (Lipinski definition) is 6. The molecule has 0 saturated carbocycles. The van der Waals surface area contributed by atoms with E-state index in [1.54, 1.807) is 13.1 Å². The number of hydrogen-bond donors (Lipinski definition) is 1. The van der Waals surface area contributed by atoms with Gasteiger partial charge in [0.25, 0.3) is 0 Å². The van der Waals surface area contributed by atoms with E-state index in [4.69, 9.17) is 0 Å². The molecule has 5 amide bonds. The maximum atomic E-state index is 12.1. The highest BCUT2D eigenvalue weighted by atomic mass is 32.2. The summed E-state index contributed by atoms with van der Waals surface area (Å²) in [4.78, 5) is 51.1. The lowest BCUT2D eigenvalue weighted by molar-refractivity contribution is -0.143. The summed E-state index contributed by atoms with van der Waals surface area (Å²) in [5.74, 6) is -2.04. The number of rotatable bonds is 6. The third-order valence-electron chi connectivity index (χ3n) is 3.43. The molecule has 128 valence electrons. The number of imide groups is 2. The summed E-state index contributed by atoms with van der Waals surface area (Å²) >= 11 is 1.51. The first-order chi connectivity index (χ1) is 11.3. The summed E-state index contributed by atoms with van der Waals surface area (Å²) in [6.45, 7) is -0.164. The van der Waals surface area contributed by atoms with Gasteiger partial charge in [-0.25, -0.2) is 9.69 Å². The summed E-state index contributed by atoms with van der Waals surface area (Å²) in [5.41, 5.74) is 0.701. The van der Waals surface area contributed by atoms with Crippen LogP contribution in [0.1, 0.15) is 0 Å². The lowest BCUT2D eigenvalue weighted by atomic mass is 10.3. The molecule has 0 radical (unpaired) electrons. The maximum Gasteiger partial charge on any atom is 0.335 e. The largest absolute Gasteiger partial charge is 0.335 e. The van der Waals surface area contributed by atoms with Crippen molar-refractivity contribution in [2.75, 3.05) is 38.9 Å². The summed E-state index contributed by atoms with van der Waals surface area (Å²) in [6.07, 6.45) is 1.91. The molecular formula is C15H18N4O4S. The second kappa shape index (κ2) is 7.45. The molecule has 1 aliphatic rings. The Balaban J connectivity index is 1.94. The molecule has 1 aromatic carbocycles. The number of carbonyl (C=O) groups excluding carboxylic acids is 4. The summed E-state index contributed by atoms with van der Waals surface area (Å²) in [6, 6.07) is 6.70. The van der Waals surface area contributed by atoms with Crippen LogP contribution in [-0.2, 0) is 14.4 Å². The number of anilines is 1. The van der Waals surface area contributed by atoms with E-state index in [-0.39, 0.29) is 19.1 Å². The molecule has 0 spiro atoms. The fraction of sp³-hybridized carbons (Fsp3) is 0.333. The lowest BCUT2D eigenvalue weighted by Gasteiger charge is -2.21. The van der Waals surface area contributed by atoms with E-state index in [0.717, 1.165) is 14.7 Å². The topological polar surface area (TPSA) is 90.0 Å². The van der Waals surface area contributed by atoms with Crippen LogP contribution in [0.2, 0.25) is 0 Å². The van der Waals surface area contributed by atoms with E-state index in [2.05, 4.69) is 5.32 Å². The predicted molar refractivity (Wildman–Crippen MR) is 89.4 cm³/mol. The number of benzene rings is 1. The van der Waals surface area contributed by atoms with Crippen LogP contribution in [0.15, 0.2) is 29.2 Å². The Morgan fingerprint density at radius 3 is 2.46 bits per heavy atom. The first kappa shape index (κ1) is 18.0. The Morgan fingerprint density at radius 2 is 1.88 bits per heavy atom. The van der Waals surface area contributed by atoms with Gasteiger partial charge in [0, 0.05) is 11.9 Å². The molecule has 1 aromatic rings. The molecule has 0 aliphatic carbocycles. The standard InChI is InChI=1S/C15H18N4O4S/c1-17(9-19-14(22)13(21)18(2)15(19)23)8-12(20)16-10-6-4-5-7-11(10)24-3/h4-7H,8-9H2,1-3H3,(H,16,20). The van der Waals surface area contributed by atoms with Crippen molar-refractivity contribution in [2.24, 2.45) is 0 Å². The highest BCUT2D eigenvalue weighted by Gasteiger charge is 2.42. The quantitative estimate of drug-likeness (QED) is 0.460. The summed E-state index contributed by atoms with van der Waals surface area (Å²) in [5, 5.41) is 2.79. The van der Waals surface area contributed by atoms with Crippen molar-refractivity contribution >= 4 is 41.2 Å². The third kappa shape index (κ3) is 3.74. The van der Waals surface area contributed by atoms with Gasteiger partial charge in [0.1, 0.15) is 0 Å². The van der Waals surface area contributed by atoms with Gasteiger partial charge in [0.2, 0.25) is 5.91 Å². The number of nitrogens with zero attached hydrogens (tertiary/aromatic N) is 3. The number of amides is 5. The van der Waals surface area contributed by atoms with Crippen LogP contribution in [0.25, 0.3) is 0 Å². The predicted octanol–water partition coefficient (Wildman–Crippen LogP) is 0.657. The van der Waals surface area contributed by atoms with Crippen molar-refractivity contribution in [1.29, 1.82) is 0 Å². The number of likely N-dealkylation sites (N-methyl/N-ethyl adjacent to an activating group) is 2. The molecule has 1 saturated heterocycles. The van der Waals surface area contributed by atoms with Crippen LogP contribution in [0.5, 0.6) is 0 Å². The zero-order chi connectivity index (χ0) is 17.9. The third-order valence-corrected chi connectivity index (χ3v) is 4.22. The highest BCUT2D eigenvalue weighted by Crippen LogP contribution is 2.24. The summed E-state index contributed by atoms with van der Waals surface area (Å²) in [7, 11) is 2.83. The normalized spacial score (nSPS) is 14.8. The number of para-hydroxylation sites is 1. The Bertz CT molecular complexity index is 694. The van der Waals surface area contributed by atoms with E-state index in [1.165, 1.54) is 23.7 Å². The van der Waals surface area contributed by atoms with Gasteiger partial charge in [0.05, 0.1) is 18.9 Å². The first-order valence-corrected chi connectivity index (χ1v) is 8.32. The minimum atomic E-state index is -0.887. The Kier molecular flexibility index (Phi) is 5.58. The number of thioether (sulfide) groups is 1. The van der Waals surface area contributed by atoms with E-state index < -0.39 is 17.8 Å². The van der Waals surface area contributed by atoms with E-state index in [1.807, 2.05) is 24.5 Å². The molecule has 2 rings (SSSR count). The second-order valence-corrected chi connectivity index (χ2v) is 6.13. The van der Waals surface area contributed by atoms with Crippen molar-refractivity contribution in [3.8, 4) is 0 Å². The van der Waals surface area contributed by atoms with Gasteiger partial charge in [-0.1, -0.05) is 12.1 Å². The van der Waals surface area contributed by atoms with Crippen molar-refractivity contribution in [1.82, 2.24) is 14.7 Å². The van der Waals surface area contributed by atoms with E-state index in [9.17, 15) is 19.2 Å². The van der Waals surface area contributed by atoms with Gasteiger partial charge in [-0.3, -0.25) is 24.2 Å². The smallest absolute Gasteiger partial charge is 0.324 e. The SMILES string of the molecule is CSc1ccccc1NC(=O)CN(C)CN1C(=O)C(=O)N(C)C1=O. The molecule has 0 bridgehead atoms. The molecule has 0 atom stereocenters. The fourth-order valence-corrected chi connectivity index (χ4v) is 2.77. The average molecular weight is 350 g/mol.